The molecular weight excluding hydrogens is 302 g/mol. The maximum atomic E-state index is 4.56. The second-order valence-corrected chi connectivity index (χ2v) is 6.03. The highest BCUT2D eigenvalue weighted by atomic mass is 15.3. The van der Waals surface area contributed by atoms with Gasteiger partial charge in [-0.05, 0) is 17.7 Å². The summed E-state index contributed by atoms with van der Waals surface area (Å²) in [4.78, 5) is 13.4. The van der Waals surface area contributed by atoms with Crippen molar-refractivity contribution in [3.8, 4) is 0 Å². The van der Waals surface area contributed by atoms with E-state index in [1.807, 2.05) is 29.2 Å². The third-order valence-corrected chi connectivity index (χ3v) is 4.52. The van der Waals surface area contributed by atoms with Gasteiger partial charge >= 0.3 is 0 Å². The average Bonchev–Trinajstić information content (AvgIpc) is 3.06. The largest absolute Gasteiger partial charge is 0.351 e. The fraction of sp³-hybridized carbons (Fsp3) is 0.412. The predicted octanol–water partition coefficient (Wildman–Crippen LogP) is 1.40. The number of aromatic nitrogens is 5. The average molecular weight is 323 g/mol. The van der Waals surface area contributed by atoms with Gasteiger partial charge in [0.15, 0.2) is 5.82 Å². The second kappa shape index (κ2) is 6.52. The third kappa shape index (κ3) is 2.82. The Morgan fingerprint density at radius 3 is 2.54 bits per heavy atom. The van der Waals surface area contributed by atoms with Gasteiger partial charge in [-0.25, -0.2) is 4.98 Å². The molecule has 1 saturated heterocycles. The molecule has 3 aromatic heterocycles. The van der Waals surface area contributed by atoms with Crippen LogP contribution in [0.3, 0.4) is 0 Å². The number of hydrogen-bond donors (Lipinski definition) is 0. The molecule has 7 heteroatoms. The van der Waals surface area contributed by atoms with Crippen molar-refractivity contribution in [2.75, 3.05) is 31.1 Å². The molecule has 7 nitrogen and oxygen atoms in total. The molecule has 24 heavy (non-hydrogen) atoms. The second-order valence-electron chi connectivity index (χ2n) is 6.03. The first-order valence-electron chi connectivity index (χ1n) is 8.40. The molecule has 1 aliphatic rings. The molecule has 0 amide bonds. The lowest BCUT2D eigenvalue weighted by Gasteiger charge is -2.35. The first-order valence-corrected chi connectivity index (χ1v) is 8.40. The van der Waals surface area contributed by atoms with Crippen LogP contribution in [0, 0.1) is 0 Å². The Morgan fingerprint density at radius 2 is 1.79 bits per heavy atom. The zero-order valence-electron chi connectivity index (χ0n) is 13.8. The Hall–Kier alpha value is -2.54. The van der Waals surface area contributed by atoms with E-state index in [1.165, 1.54) is 5.56 Å². The lowest BCUT2D eigenvalue weighted by atomic mass is 10.2. The van der Waals surface area contributed by atoms with Crippen LogP contribution in [0.25, 0.3) is 5.65 Å². The molecule has 0 bridgehead atoms. The van der Waals surface area contributed by atoms with Crippen LogP contribution < -0.4 is 4.90 Å². The molecule has 0 spiro atoms. The van der Waals surface area contributed by atoms with Crippen molar-refractivity contribution in [3.63, 3.8) is 0 Å². The Bertz CT molecular complexity index is 806. The molecule has 3 aromatic rings. The minimum Gasteiger partial charge on any atom is -0.351 e. The Kier molecular flexibility index (Phi) is 4.08. The van der Waals surface area contributed by atoms with Gasteiger partial charge in [0, 0.05) is 63.9 Å². The summed E-state index contributed by atoms with van der Waals surface area (Å²) in [5, 5.41) is 8.61. The van der Waals surface area contributed by atoms with Crippen LogP contribution in [0.4, 0.5) is 5.82 Å². The van der Waals surface area contributed by atoms with Crippen molar-refractivity contribution >= 4 is 11.5 Å². The van der Waals surface area contributed by atoms with Gasteiger partial charge in [0.2, 0.25) is 5.65 Å². The quantitative estimate of drug-likeness (QED) is 0.723. The maximum absolute atomic E-state index is 4.56. The summed E-state index contributed by atoms with van der Waals surface area (Å²) in [6.07, 6.45) is 8.36. The van der Waals surface area contributed by atoms with E-state index < -0.39 is 0 Å². The fourth-order valence-corrected chi connectivity index (χ4v) is 3.19. The van der Waals surface area contributed by atoms with E-state index in [0.29, 0.717) is 0 Å². The molecule has 0 aromatic carbocycles. The van der Waals surface area contributed by atoms with Gasteiger partial charge in [0.05, 0.1) is 0 Å². The fourth-order valence-electron chi connectivity index (χ4n) is 3.19. The number of pyridine rings is 1. The predicted molar refractivity (Wildman–Crippen MR) is 91.9 cm³/mol. The van der Waals surface area contributed by atoms with Gasteiger partial charge in [-0.15, -0.1) is 10.2 Å². The highest BCUT2D eigenvalue weighted by molar-refractivity contribution is 5.64. The molecule has 0 aliphatic carbocycles. The topological polar surface area (TPSA) is 62.5 Å². The zero-order valence-corrected chi connectivity index (χ0v) is 13.8. The molecule has 124 valence electrons. The molecule has 4 heterocycles. The Morgan fingerprint density at radius 1 is 1.00 bits per heavy atom. The molecule has 0 atom stereocenters. The van der Waals surface area contributed by atoms with Crippen LogP contribution >= 0.6 is 0 Å². The van der Waals surface area contributed by atoms with Crippen LogP contribution in [-0.4, -0.2) is 55.6 Å². The molecule has 1 fully saturated rings. The minimum atomic E-state index is 0.858. The van der Waals surface area contributed by atoms with Crippen LogP contribution in [-0.2, 0) is 13.0 Å². The van der Waals surface area contributed by atoms with E-state index in [2.05, 4.69) is 49.0 Å². The molecule has 0 unspecified atom stereocenters. The first kappa shape index (κ1) is 15.0. The first-order chi connectivity index (χ1) is 11.8. The lowest BCUT2D eigenvalue weighted by molar-refractivity contribution is 0.249. The van der Waals surface area contributed by atoms with E-state index in [1.54, 1.807) is 0 Å². The Balaban J connectivity index is 1.47. The number of piperazine rings is 1. The minimum absolute atomic E-state index is 0.858. The van der Waals surface area contributed by atoms with Crippen molar-refractivity contribution < 1.29 is 0 Å². The Labute approximate surface area is 141 Å². The van der Waals surface area contributed by atoms with Crippen LogP contribution in [0.5, 0.6) is 0 Å². The van der Waals surface area contributed by atoms with E-state index in [9.17, 15) is 0 Å². The summed E-state index contributed by atoms with van der Waals surface area (Å²) < 4.78 is 2.05. The van der Waals surface area contributed by atoms with Crippen LogP contribution in [0.1, 0.15) is 18.3 Å². The van der Waals surface area contributed by atoms with Crippen molar-refractivity contribution in [2.24, 2.45) is 0 Å². The van der Waals surface area contributed by atoms with Gasteiger partial charge in [0.1, 0.15) is 5.82 Å². The van der Waals surface area contributed by atoms with Crippen molar-refractivity contribution in [2.45, 2.75) is 19.9 Å². The number of fused-ring (bicyclic) bond motifs is 1. The van der Waals surface area contributed by atoms with E-state index in [4.69, 9.17) is 0 Å². The van der Waals surface area contributed by atoms with Crippen molar-refractivity contribution in [1.29, 1.82) is 0 Å². The number of anilines is 1. The number of aryl methyl sites for hydroxylation is 1. The van der Waals surface area contributed by atoms with Gasteiger partial charge < -0.3 is 4.90 Å². The van der Waals surface area contributed by atoms with Crippen LogP contribution in [0.15, 0.2) is 36.9 Å². The highest BCUT2D eigenvalue weighted by Gasteiger charge is 2.21. The van der Waals surface area contributed by atoms with E-state index >= 15 is 0 Å². The molecular formula is C17H21N7. The monoisotopic (exact) mass is 323 g/mol. The van der Waals surface area contributed by atoms with E-state index in [0.717, 1.165) is 56.4 Å². The normalized spacial score (nSPS) is 16.0. The number of nitrogens with zero attached hydrogens (tertiary/aromatic N) is 7. The van der Waals surface area contributed by atoms with Crippen molar-refractivity contribution in [1.82, 2.24) is 29.5 Å². The molecule has 4 rings (SSSR count). The zero-order chi connectivity index (χ0) is 16.4. The number of hydrogen-bond acceptors (Lipinski definition) is 6. The van der Waals surface area contributed by atoms with Gasteiger partial charge in [-0.3, -0.25) is 14.3 Å². The molecule has 0 radical (unpaired) electrons. The summed E-state index contributed by atoms with van der Waals surface area (Å²) in [5.74, 6) is 1.92. The number of rotatable bonds is 4. The molecule has 0 saturated carbocycles. The summed E-state index contributed by atoms with van der Waals surface area (Å²) in [6.45, 7) is 6.99. The van der Waals surface area contributed by atoms with Gasteiger partial charge in [0.25, 0.3) is 0 Å². The smallest absolute Gasteiger partial charge is 0.203 e. The maximum Gasteiger partial charge on any atom is 0.203 e. The summed E-state index contributed by atoms with van der Waals surface area (Å²) >= 11 is 0. The molecule has 1 aliphatic heterocycles. The third-order valence-electron chi connectivity index (χ3n) is 4.52. The summed E-state index contributed by atoms with van der Waals surface area (Å²) in [5.41, 5.74) is 2.17. The van der Waals surface area contributed by atoms with Gasteiger partial charge in [-0.2, -0.15) is 0 Å². The lowest BCUT2D eigenvalue weighted by Crippen LogP contribution is -2.46. The van der Waals surface area contributed by atoms with Crippen LogP contribution in [0.2, 0.25) is 0 Å². The highest BCUT2D eigenvalue weighted by Crippen LogP contribution is 2.20. The standard InChI is InChI=1S/C17H21N7/c1-2-15-20-21-17-16(19-7-8-24(15)17)23-11-9-22(10-12-23)13-14-3-5-18-6-4-14/h3-8H,2,9-13H2,1H3. The van der Waals surface area contributed by atoms with Gasteiger partial charge in [-0.1, -0.05) is 6.92 Å². The SMILES string of the molecule is CCc1nnc2c(N3CCN(Cc4ccncc4)CC3)nccn12. The summed E-state index contributed by atoms with van der Waals surface area (Å²) in [7, 11) is 0. The molecule has 0 N–H and O–H groups in total. The van der Waals surface area contributed by atoms with Crippen molar-refractivity contribution in [3.05, 3.63) is 48.3 Å². The summed E-state index contributed by atoms with van der Waals surface area (Å²) in [6, 6.07) is 4.16. The van der Waals surface area contributed by atoms with E-state index in [-0.39, 0.29) is 0 Å².